The van der Waals surface area contributed by atoms with Crippen LogP contribution in [0.25, 0.3) is 0 Å². The average Bonchev–Trinajstić information content (AvgIpc) is 2.54. The number of benzene rings is 2. The highest BCUT2D eigenvalue weighted by atomic mass is 28.3. The van der Waals surface area contributed by atoms with Crippen LogP contribution in [-0.4, -0.2) is 22.1 Å². The minimum absolute atomic E-state index is 0.0737. The van der Waals surface area contributed by atoms with E-state index in [4.69, 9.17) is 4.43 Å². The number of carbonyl (C=O) groups is 1. The van der Waals surface area contributed by atoms with Gasteiger partial charge in [-0.2, -0.15) is 0 Å². The van der Waals surface area contributed by atoms with Crippen LogP contribution in [-0.2, 0) is 14.0 Å². The maximum absolute atomic E-state index is 11.3. The van der Waals surface area contributed by atoms with Crippen LogP contribution in [0.2, 0.25) is 0 Å². The molecule has 0 heterocycles. The molecule has 0 N–H and O–H groups in total. The zero-order valence-corrected chi connectivity index (χ0v) is 12.9. The molecule has 0 aromatic heterocycles. The maximum atomic E-state index is 11.3. The molecule has 107 valence electrons. The van der Waals surface area contributed by atoms with Gasteiger partial charge in [0.2, 0.25) is 0 Å². The monoisotopic (exact) mass is 297 g/mol. The lowest BCUT2D eigenvalue weighted by molar-refractivity contribution is -0.140. The average molecular weight is 297 g/mol. The van der Waals surface area contributed by atoms with E-state index in [1.807, 2.05) is 60.7 Å². The van der Waals surface area contributed by atoms with Crippen LogP contribution in [0.15, 0.2) is 73.0 Å². The molecule has 2 aromatic carbocycles. The lowest BCUT2D eigenvalue weighted by Gasteiger charge is -2.18. The summed E-state index contributed by atoms with van der Waals surface area (Å²) in [5, 5.41) is 2.22. The summed E-state index contributed by atoms with van der Waals surface area (Å²) in [6.45, 7) is 3.84. The fourth-order valence-corrected chi connectivity index (χ4v) is 3.80. The van der Waals surface area contributed by atoms with E-state index in [2.05, 4.69) is 11.3 Å². The molecule has 0 spiro atoms. The van der Waals surface area contributed by atoms with Crippen LogP contribution >= 0.6 is 0 Å². The van der Waals surface area contributed by atoms with Gasteiger partial charge in [0.25, 0.3) is 0 Å². The van der Waals surface area contributed by atoms with Gasteiger partial charge in [0.1, 0.15) is 6.42 Å². The molecule has 4 heteroatoms. The Balaban J connectivity index is 2.21. The summed E-state index contributed by atoms with van der Waals surface area (Å²) in [7, 11) is -0.102. The molecule has 21 heavy (non-hydrogen) atoms. The fraction of sp³-hybridized carbons (Fsp3) is 0.118. The number of hydrogen-bond acceptors (Lipinski definition) is 3. The number of carbonyl (C=O) groups excluding carboxylic acids is 1. The first-order chi connectivity index (χ1) is 10.2. The van der Waals surface area contributed by atoms with Crippen molar-refractivity contribution < 1.29 is 14.0 Å². The molecule has 2 aromatic rings. The van der Waals surface area contributed by atoms with E-state index < -0.39 is 9.04 Å². The molecule has 3 nitrogen and oxygen atoms in total. The van der Waals surface area contributed by atoms with Gasteiger partial charge in [-0.25, -0.2) is 0 Å². The van der Waals surface area contributed by atoms with Crippen LogP contribution in [0.4, 0.5) is 0 Å². The first-order valence-electron chi connectivity index (χ1n) is 6.61. The van der Waals surface area contributed by atoms with Gasteiger partial charge in [-0.3, -0.25) is 4.79 Å². The lowest BCUT2D eigenvalue weighted by Crippen LogP contribution is -2.44. The van der Waals surface area contributed by atoms with Gasteiger partial charge in [-0.15, -0.1) is 0 Å². The summed E-state index contributed by atoms with van der Waals surface area (Å²) in [6.07, 6.45) is 0.0737. The Morgan fingerprint density at radius 3 is 1.90 bits per heavy atom. The third kappa shape index (κ3) is 4.32. The van der Waals surface area contributed by atoms with Crippen LogP contribution in [0.3, 0.4) is 0 Å². The predicted molar refractivity (Wildman–Crippen MR) is 84.8 cm³/mol. The molecule has 0 fully saturated rings. The molecule has 0 aliphatic rings. The van der Waals surface area contributed by atoms with Gasteiger partial charge < -0.3 is 9.16 Å². The normalized spacial score (nSPS) is 10.2. The van der Waals surface area contributed by atoms with Crippen molar-refractivity contribution in [2.24, 2.45) is 0 Å². The van der Waals surface area contributed by atoms with Gasteiger partial charge in [0, 0.05) is 0 Å². The quantitative estimate of drug-likeness (QED) is 0.464. The molecule has 0 bridgehead atoms. The molecule has 0 amide bonds. The predicted octanol–water partition coefficient (Wildman–Crippen LogP) is 1.89. The lowest BCUT2D eigenvalue weighted by atomic mass is 10.4. The summed E-state index contributed by atoms with van der Waals surface area (Å²) >= 11 is 0. The van der Waals surface area contributed by atoms with E-state index in [1.165, 1.54) is 7.11 Å². The number of esters is 1. The topological polar surface area (TPSA) is 35.5 Å². The molecule has 0 atom stereocenters. The number of hydrogen-bond donors (Lipinski definition) is 0. The highest BCUT2D eigenvalue weighted by molar-refractivity contribution is 6.80. The Morgan fingerprint density at radius 2 is 1.48 bits per heavy atom. The van der Waals surface area contributed by atoms with Gasteiger partial charge in [-0.1, -0.05) is 67.2 Å². The zero-order valence-electron chi connectivity index (χ0n) is 11.9. The third-order valence-electron chi connectivity index (χ3n) is 2.89. The van der Waals surface area contributed by atoms with Crippen molar-refractivity contribution >= 4 is 25.4 Å². The van der Waals surface area contributed by atoms with Gasteiger partial charge in [-0.05, 0) is 10.4 Å². The van der Waals surface area contributed by atoms with Crippen molar-refractivity contribution in [2.75, 3.05) is 7.11 Å². The van der Waals surface area contributed by atoms with Crippen molar-refractivity contribution in [1.82, 2.24) is 0 Å². The molecule has 0 saturated carbocycles. The van der Waals surface area contributed by atoms with Crippen molar-refractivity contribution in [2.45, 2.75) is 6.42 Å². The number of methoxy groups -OCH3 is 1. The van der Waals surface area contributed by atoms with E-state index in [9.17, 15) is 4.79 Å². The standard InChI is InChI=1S/C17H17O3Si/c1-14(13-17(18)19-2)20-21(15-9-5-3-6-10-15)16-11-7-4-8-12-16/h3-12H,1,13H2,2H3. The van der Waals surface area contributed by atoms with Gasteiger partial charge in [0.05, 0.1) is 12.9 Å². The van der Waals surface area contributed by atoms with Crippen molar-refractivity contribution in [3.63, 3.8) is 0 Å². The second-order valence-electron chi connectivity index (χ2n) is 4.45. The van der Waals surface area contributed by atoms with Crippen LogP contribution < -0.4 is 10.4 Å². The Labute approximate surface area is 126 Å². The van der Waals surface area contributed by atoms with Crippen LogP contribution in [0, 0.1) is 0 Å². The summed E-state index contributed by atoms with van der Waals surface area (Å²) in [6, 6.07) is 20.0. The first-order valence-corrected chi connectivity index (χ1v) is 8.02. The Kier molecular flexibility index (Phi) is 5.34. The van der Waals surface area contributed by atoms with E-state index in [-0.39, 0.29) is 12.4 Å². The summed E-state index contributed by atoms with van der Waals surface area (Å²) in [4.78, 5) is 11.3. The number of rotatable bonds is 6. The Hall–Kier alpha value is -2.33. The SMILES string of the molecule is C=C(CC(=O)OC)O[Si](c1ccccc1)c1ccccc1. The highest BCUT2D eigenvalue weighted by Crippen LogP contribution is 2.05. The van der Waals surface area contributed by atoms with Crippen molar-refractivity contribution in [3.05, 3.63) is 73.0 Å². The fourth-order valence-electron chi connectivity index (χ4n) is 1.88. The maximum Gasteiger partial charge on any atom is 0.352 e. The second kappa shape index (κ2) is 7.45. The molecular weight excluding hydrogens is 280 g/mol. The summed E-state index contributed by atoms with van der Waals surface area (Å²) in [5.41, 5.74) is 0. The van der Waals surface area contributed by atoms with Crippen molar-refractivity contribution in [1.29, 1.82) is 0 Å². The van der Waals surface area contributed by atoms with E-state index >= 15 is 0 Å². The third-order valence-corrected chi connectivity index (χ3v) is 5.10. The summed E-state index contributed by atoms with van der Waals surface area (Å²) < 4.78 is 10.6. The van der Waals surface area contributed by atoms with Crippen LogP contribution in [0.1, 0.15) is 6.42 Å². The molecule has 1 radical (unpaired) electrons. The van der Waals surface area contributed by atoms with E-state index in [0.717, 1.165) is 10.4 Å². The highest BCUT2D eigenvalue weighted by Gasteiger charge is 2.22. The molecule has 0 aliphatic heterocycles. The smallest absolute Gasteiger partial charge is 0.352 e. The Bertz CT molecular complexity index is 556. The van der Waals surface area contributed by atoms with E-state index in [0.29, 0.717) is 5.76 Å². The Morgan fingerprint density at radius 1 is 1.00 bits per heavy atom. The number of ether oxygens (including phenoxy) is 1. The van der Waals surface area contributed by atoms with Gasteiger partial charge in [0.15, 0.2) is 0 Å². The molecule has 2 rings (SSSR count). The molecule has 0 aliphatic carbocycles. The molecule has 0 unspecified atom stereocenters. The minimum atomic E-state index is -1.46. The minimum Gasteiger partial charge on any atom is -0.536 e. The largest absolute Gasteiger partial charge is 0.536 e. The van der Waals surface area contributed by atoms with Crippen LogP contribution in [0.5, 0.6) is 0 Å². The molecular formula is C17H17O3Si. The van der Waals surface area contributed by atoms with E-state index in [1.54, 1.807) is 0 Å². The first kappa shape index (κ1) is 15.1. The zero-order chi connectivity index (χ0) is 15.1. The second-order valence-corrected chi connectivity index (χ2v) is 6.47. The molecule has 0 saturated heterocycles. The summed E-state index contributed by atoms with van der Waals surface area (Å²) in [5.74, 6) is 0.0888. The van der Waals surface area contributed by atoms with Gasteiger partial charge >= 0.3 is 15.0 Å². The van der Waals surface area contributed by atoms with Crippen molar-refractivity contribution in [3.8, 4) is 0 Å².